The second-order valence-corrected chi connectivity index (χ2v) is 13.5. The smallest absolute Gasteiger partial charge is 0.231 e. The molecule has 3 aromatic carbocycles. The molecule has 1 aromatic heterocycles. The molecule has 0 amide bonds. The molecule has 4 aromatic rings. The van der Waals surface area contributed by atoms with Gasteiger partial charge in [-0.05, 0) is 61.4 Å². The van der Waals surface area contributed by atoms with E-state index in [2.05, 4.69) is 36.3 Å². The van der Waals surface area contributed by atoms with Crippen molar-refractivity contribution in [2.45, 2.75) is 23.6 Å². The summed E-state index contributed by atoms with van der Waals surface area (Å²) in [7, 11) is -5.18. The fourth-order valence-corrected chi connectivity index (χ4v) is 5.05. The van der Waals surface area contributed by atoms with Crippen molar-refractivity contribution in [3.63, 3.8) is 0 Å². The third kappa shape index (κ3) is 8.14. The zero-order valence-electron chi connectivity index (χ0n) is 24.2. The van der Waals surface area contributed by atoms with Gasteiger partial charge in [0.15, 0.2) is 31.3 Å². The molecule has 0 radical (unpaired) electrons. The highest BCUT2D eigenvalue weighted by Gasteiger charge is 2.17. The van der Waals surface area contributed by atoms with Gasteiger partial charge in [-0.3, -0.25) is 10.9 Å². The van der Waals surface area contributed by atoms with Crippen molar-refractivity contribution in [1.29, 1.82) is 0 Å². The summed E-state index contributed by atoms with van der Waals surface area (Å²) in [5.41, 5.74) is 9.14. The minimum absolute atomic E-state index is 0.212. The van der Waals surface area contributed by atoms with Crippen LogP contribution in [0.3, 0.4) is 0 Å². The molecule has 0 saturated heterocycles. The number of benzene rings is 3. The predicted octanol–water partition coefficient (Wildman–Crippen LogP) is 4.71. The molecule has 12 nitrogen and oxygen atoms in total. The van der Waals surface area contributed by atoms with E-state index in [4.69, 9.17) is 4.74 Å². The van der Waals surface area contributed by atoms with Crippen LogP contribution in [0.4, 0.5) is 23.3 Å². The van der Waals surface area contributed by atoms with Crippen molar-refractivity contribution in [3.05, 3.63) is 90.0 Å². The van der Waals surface area contributed by atoms with E-state index in [1.54, 1.807) is 38.1 Å². The Hall–Kier alpha value is -4.82. The Morgan fingerprint density at radius 3 is 1.47 bits per heavy atom. The molecule has 0 saturated carbocycles. The van der Waals surface area contributed by atoms with E-state index in [-0.39, 0.29) is 33.1 Å². The molecule has 0 aliphatic rings. The number of aromatic nitrogens is 2. The zero-order chi connectivity index (χ0) is 31.2. The Balaban J connectivity index is 1.67. The van der Waals surface area contributed by atoms with Gasteiger partial charge in [0.25, 0.3) is 0 Å². The monoisotopic (exact) mass is 621 g/mol. The van der Waals surface area contributed by atoms with Crippen LogP contribution in [0.2, 0.25) is 0 Å². The normalized spacial score (nSPS) is 12.5. The minimum atomic E-state index is -3.32. The van der Waals surface area contributed by atoms with Crippen LogP contribution >= 0.6 is 0 Å². The summed E-state index contributed by atoms with van der Waals surface area (Å²) < 4.78 is 52.8. The topological polar surface area (TPSA) is 164 Å². The number of para-hydroxylation sites is 1. The minimum Gasteiger partial charge on any atom is -0.490 e. The van der Waals surface area contributed by atoms with Crippen molar-refractivity contribution in [2.75, 3.05) is 35.8 Å². The summed E-state index contributed by atoms with van der Waals surface area (Å²) >= 11 is 0. The molecule has 43 heavy (non-hydrogen) atoms. The zero-order valence-corrected chi connectivity index (χ0v) is 25.8. The number of hydrazone groups is 2. The Morgan fingerprint density at radius 1 is 0.674 bits per heavy atom. The number of anilines is 4. The molecule has 14 heteroatoms. The first-order chi connectivity index (χ1) is 20.3. The summed E-state index contributed by atoms with van der Waals surface area (Å²) in [4.78, 5) is 9.50. The van der Waals surface area contributed by atoms with Gasteiger partial charge in [0, 0.05) is 18.2 Å². The second-order valence-electron chi connectivity index (χ2n) is 9.48. The van der Waals surface area contributed by atoms with Crippen molar-refractivity contribution in [1.82, 2.24) is 9.97 Å². The Kier molecular flexibility index (Phi) is 9.41. The number of sulfone groups is 2. The van der Waals surface area contributed by atoms with E-state index >= 15 is 0 Å². The average Bonchev–Trinajstić information content (AvgIpc) is 2.98. The van der Waals surface area contributed by atoms with Crippen LogP contribution in [0, 0.1) is 0 Å². The van der Waals surface area contributed by atoms with E-state index < -0.39 is 19.7 Å². The van der Waals surface area contributed by atoms with Crippen LogP contribution in [-0.2, 0) is 19.7 Å². The molecular formula is C29H31N7O5S2. The van der Waals surface area contributed by atoms with Crippen LogP contribution in [0.25, 0.3) is 0 Å². The summed E-state index contributed by atoms with van der Waals surface area (Å²) in [5, 5.41) is 12.0. The largest absolute Gasteiger partial charge is 0.490 e. The van der Waals surface area contributed by atoms with Crippen molar-refractivity contribution in [2.24, 2.45) is 10.2 Å². The van der Waals surface area contributed by atoms with E-state index in [1.807, 2.05) is 30.3 Å². The number of nitrogens with zero attached hydrogens (tertiary/aromatic N) is 4. The highest BCUT2D eigenvalue weighted by Crippen LogP contribution is 2.32. The summed E-state index contributed by atoms with van der Waals surface area (Å²) in [6.45, 7) is 3.53. The van der Waals surface area contributed by atoms with Gasteiger partial charge in [-0.2, -0.15) is 20.2 Å². The predicted molar refractivity (Wildman–Crippen MR) is 169 cm³/mol. The van der Waals surface area contributed by atoms with Crippen LogP contribution in [0.1, 0.15) is 25.0 Å². The average molecular weight is 622 g/mol. The maximum absolute atomic E-state index is 11.8. The van der Waals surface area contributed by atoms with Gasteiger partial charge in [-0.1, -0.05) is 42.5 Å². The Morgan fingerprint density at radius 2 is 1.09 bits per heavy atom. The summed E-state index contributed by atoms with van der Waals surface area (Å²) in [6, 6.07) is 22.1. The van der Waals surface area contributed by atoms with Gasteiger partial charge in [0.05, 0.1) is 28.3 Å². The summed E-state index contributed by atoms with van der Waals surface area (Å²) in [6.07, 6.45) is 2.30. The third-order valence-corrected chi connectivity index (χ3v) is 8.42. The van der Waals surface area contributed by atoms with Crippen molar-refractivity contribution < 1.29 is 21.6 Å². The second kappa shape index (κ2) is 13.0. The molecule has 0 aliphatic carbocycles. The van der Waals surface area contributed by atoms with Crippen molar-refractivity contribution >= 4 is 54.4 Å². The van der Waals surface area contributed by atoms with Gasteiger partial charge in [-0.25, -0.2) is 16.8 Å². The maximum atomic E-state index is 11.8. The van der Waals surface area contributed by atoms with Crippen LogP contribution < -0.4 is 20.9 Å². The first kappa shape index (κ1) is 31.1. The number of rotatable bonds is 11. The molecule has 0 unspecified atom stereocenters. The van der Waals surface area contributed by atoms with Crippen LogP contribution in [-0.4, -0.2) is 57.8 Å². The van der Waals surface area contributed by atoms with E-state index in [0.29, 0.717) is 22.6 Å². The van der Waals surface area contributed by atoms with E-state index in [1.165, 1.54) is 31.4 Å². The van der Waals surface area contributed by atoms with Gasteiger partial charge in [0.1, 0.15) is 0 Å². The summed E-state index contributed by atoms with van der Waals surface area (Å²) in [5.74, 6) is 0.922. The molecule has 3 N–H and O–H groups in total. The first-order valence-corrected chi connectivity index (χ1v) is 16.6. The molecule has 1 heterocycles. The van der Waals surface area contributed by atoms with E-state index in [9.17, 15) is 16.8 Å². The number of hydrogen-bond acceptors (Lipinski definition) is 12. The quantitative estimate of drug-likeness (QED) is 0.158. The highest BCUT2D eigenvalue weighted by molar-refractivity contribution is 7.91. The van der Waals surface area contributed by atoms with Gasteiger partial charge in [0.2, 0.25) is 11.7 Å². The lowest BCUT2D eigenvalue weighted by atomic mass is 10.1. The molecular weight excluding hydrogens is 590 g/mol. The number of methoxy groups -OCH3 is 1. The Labute approximate surface area is 250 Å². The molecule has 0 atom stereocenters. The molecule has 4 rings (SSSR count). The fourth-order valence-electron chi connectivity index (χ4n) is 3.79. The first-order valence-electron chi connectivity index (χ1n) is 12.8. The highest BCUT2D eigenvalue weighted by atomic mass is 32.2. The molecule has 0 bridgehead atoms. The van der Waals surface area contributed by atoms with Gasteiger partial charge < -0.3 is 10.1 Å². The number of hydrogen-bond donors (Lipinski definition) is 3. The van der Waals surface area contributed by atoms with E-state index in [0.717, 1.165) is 18.2 Å². The standard InChI is InChI=1S/C29H31N7O5S2/c1-19(21-11-15-24(16-12-21)42(4,37)38)33-35-27-26(41-3)28(32-29(31-27)30-23-9-7-6-8-10-23)36-34-20(2)22-13-17-25(18-14-22)43(5,39)40/h6-18H,1-5H3,(H3,30,31,32,35,36). The lowest BCUT2D eigenvalue weighted by Gasteiger charge is -2.15. The SMILES string of the molecule is COc1c(NN=C(C)c2ccc(S(C)(=O)=O)cc2)nc(Nc2ccccc2)nc1NN=C(C)c1ccc(S(C)(=O)=O)cc1. The molecule has 224 valence electrons. The lowest BCUT2D eigenvalue weighted by molar-refractivity contribution is 0.415. The fraction of sp³-hybridized carbons (Fsp3) is 0.172. The third-order valence-electron chi connectivity index (χ3n) is 6.16. The van der Waals surface area contributed by atoms with Crippen molar-refractivity contribution in [3.8, 4) is 5.75 Å². The van der Waals surface area contributed by atoms with Gasteiger partial charge in [-0.15, -0.1) is 0 Å². The van der Waals surface area contributed by atoms with Crippen LogP contribution in [0.15, 0.2) is 98.9 Å². The maximum Gasteiger partial charge on any atom is 0.231 e. The number of ether oxygens (including phenoxy) is 1. The lowest BCUT2D eigenvalue weighted by Crippen LogP contribution is -2.09. The Bertz CT molecular complexity index is 1760. The molecule has 0 fully saturated rings. The number of nitrogens with one attached hydrogen (secondary N) is 3. The molecule has 0 aliphatic heterocycles. The molecule has 0 spiro atoms. The van der Waals surface area contributed by atoms with Crippen LogP contribution in [0.5, 0.6) is 5.75 Å². The van der Waals surface area contributed by atoms with Gasteiger partial charge >= 0.3 is 0 Å².